The quantitative estimate of drug-likeness (QED) is 0.889. The van der Waals surface area contributed by atoms with Crippen LogP contribution in [0.2, 0.25) is 5.02 Å². The molecule has 2 rings (SSSR count). The van der Waals surface area contributed by atoms with Gasteiger partial charge in [0.25, 0.3) is 5.91 Å². The standard InChI is InChI=1S/C12H11ClN2O2S/c1-6-5-8(13)3-4-9(6)15-11(16)10-7(2)14-12(17)18-10/h3-5H,1-2H3,(H,14,17)(H,15,16). The number of hydrogen-bond acceptors (Lipinski definition) is 3. The fourth-order valence-corrected chi connectivity index (χ4v) is 2.53. The second-order valence-electron chi connectivity index (χ2n) is 3.88. The summed E-state index contributed by atoms with van der Waals surface area (Å²) in [7, 11) is 0. The Morgan fingerprint density at radius 2 is 2.11 bits per heavy atom. The lowest BCUT2D eigenvalue weighted by Crippen LogP contribution is -2.12. The lowest BCUT2D eigenvalue weighted by atomic mass is 10.2. The Balaban J connectivity index is 2.26. The van der Waals surface area contributed by atoms with Crippen LogP contribution in [-0.2, 0) is 0 Å². The minimum atomic E-state index is -0.290. The third kappa shape index (κ3) is 2.63. The molecular formula is C12H11ClN2O2S. The van der Waals surface area contributed by atoms with E-state index >= 15 is 0 Å². The molecule has 1 heterocycles. The molecule has 0 atom stereocenters. The van der Waals surface area contributed by atoms with E-state index in [-0.39, 0.29) is 10.8 Å². The van der Waals surface area contributed by atoms with Crippen molar-refractivity contribution in [2.24, 2.45) is 0 Å². The first kappa shape index (κ1) is 12.9. The zero-order valence-electron chi connectivity index (χ0n) is 9.83. The zero-order chi connectivity index (χ0) is 13.3. The van der Waals surface area contributed by atoms with Gasteiger partial charge in [0.05, 0.1) is 0 Å². The van der Waals surface area contributed by atoms with E-state index in [1.54, 1.807) is 25.1 Å². The van der Waals surface area contributed by atoms with Gasteiger partial charge in [0.2, 0.25) is 0 Å². The number of aromatic amines is 1. The summed E-state index contributed by atoms with van der Waals surface area (Å²) >= 11 is 6.74. The van der Waals surface area contributed by atoms with Crippen molar-refractivity contribution in [2.75, 3.05) is 5.32 Å². The van der Waals surface area contributed by atoms with Crippen LogP contribution in [0.4, 0.5) is 5.69 Å². The predicted octanol–water partition coefficient (Wildman–Crippen LogP) is 2.96. The van der Waals surface area contributed by atoms with Gasteiger partial charge < -0.3 is 10.3 Å². The van der Waals surface area contributed by atoms with Crippen molar-refractivity contribution in [3.05, 3.63) is 49.0 Å². The highest BCUT2D eigenvalue weighted by Crippen LogP contribution is 2.21. The minimum absolute atomic E-state index is 0.231. The Hall–Kier alpha value is -1.59. The molecule has 0 saturated heterocycles. The third-order valence-corrected chi connectivity index (χ3v) is 3.69. The molecule has 1 aromatic heterocycles. The third-order valence-electron chi connectivity index (χ3n) is 2.47. The molecule has 1 aromatic carbocycles. The van der Waals surface area contributed by atoms with E-state index in [1.807, 2.05) is 6.92 Å². The van der Waals surface area contributed by atoms with Crippen LogP contribution in [-0.4, -0.2) is 10.9 Å². The van der Waals surface area contributed by atoms with Crippen LogP contribution < -0.4 is 10.2 Å². The fraction of sp³-hybridized carbons (Fsp3) is 0.167. The number of hydrogen-bond donors (Lipinski definition) is 2. The van der Waals surface area contributed by atoms with E-state index in [0.717, 1.165) is 16.9 Å². The summed E-state index contributed by atoms with van der Waals surface area (Å²) in [6, 6.07) is 5.21. The van der Waals surface area contributed by atoms with Crippen molar-refractivity contribution in [1.82, 2.24) is 4.98 Å². The molecule has 0 bridgehead atoms. The van der Waals surface area contributed by atoms with E-state index in [2.05, 4.69) is 10.3 Å². The van der Waals surface area contributed by atoms with Gasteiger partial charge in [0.15, 0.2) is 0 Å². The molecule has 0 aliphatic heterocycles. The lowest BCUT2D eigenvalue weighted by molar-refractivity contribution is 0.102. The summed E-state index contributed by atoms with van der Waals surface area (Å²) in [5, 5.41) is 3.38. The molecule has 2 N–H and O–H groups in total. The number of carbonyl (C=O) groups excluding carboxylic acids is 1. The summed E-state index contributed by atoms with van der Waals surface area (Å²) in [6.07, 6.45) is 0. The molecule has 6 heteroatoms. The number of aryl methyl sites for hydroxylation is 2. The molecule has 0 fully saturated rings. The van der Waals surface area contributed by atoms with Crippen molar-refractivity contribution in [2.45, 2.75) is 13.8 Å². The van der Waals surface area contributed by atoms with Crippen molar-refractivity contribution < 1.29 is 4.79 Å². The Labute approximate surface area is 113 Å². The number of thiazole rings is 1. The highest BCUT2D eigenvalue weighted by molar-refractivity contribution is 7.11. The summed E-state index contributed by atoms with van der Waals surface area (Å²) in [6.45, 7) is 3.55. The van der Waals surface area contributed by atoms with Gasteiger partial charge in [-0.3, -0.25) is 9.59 Å². The van der Waals surface area contributed by atoms with Gasteiger partial charge in [0.1, 0.15) is 4.88 Å². The van der Waals surface area contributed by atoms with Crippen LogP contribution in [0.15, 0.2) is 23.0 Å². The predicted molar refractivity (Wildman–Crippen MR) is 73.8 cm³/mol. The number of nitrogens with one attached hydrogen (secondary N) is 2. The van der Waals surface area contributed by atoms with Crippen molar-refractivity contribution >= 4 is 34.5 Å². The normalized spacial score (nSPS) is 10.4. The van der Waals surface area contributed by atoms with E-state index in [1.165, 1.54) is 0 Å². The van der Waals surface area contributed by atoms with Crippen LogP contribution >= 0.6 is 22.9 Å². The molecule has 0 saturated carbocycles. The molecule has 18 heavy (non-hydrogen) atoms. The smallest absolute Gasteiger partial charge is 0.305 e. The van der Waals surface area contributed by atoms with Crippen LogP contribution in [0.25, 0.3) is 0 Å². The van der Waals surface area contributed by atoms with Crippen molar-refractivity contribution in [3.8, 4) is 0 Å². The van der Waals surface area contributed by atoms with Crippen molar-refractivity contribution in [3.63, 3.8) is 0 Å². The molecule has 0 radical (unpaired) electrons. The highest BCUT2D eigenvalue weighted by atomic mass is 35.5. The monoisotopic (exact) mass is 282 g/mol. The Morgan fingerprint density at radius 1 is 1.39 bits per heavy atom. The number of benzene rings is 1. The van der Waals surface area contributed by atoms with Crippen LogP contribution in [0.5, 0.6) is 0 Å². The van der Waals surface area contributed by atoms with E-state index in [9.17, 15) is 9.59 Å². The zero-order valence-corrected chi connectivity index (χ0v) is 11.4. The number of anilines is 1. The molecule has 2 aromatic rings. The Kier molecular flexibility index (Phi) is 3.54. The van der Waals surface area contributed by atoms with Crippen LogP contribution in [0, 0.1) is 13.8 Å². The molecule has 0 aliphatic rings. The Bertz CT molecular complexity index is 660. The first-order chi connectivity index (χ1) is 8.47. The Morgan fingerprint density at radius 3 is 2.67 bits per heavy atom. The van der Waals surface area contributed by atoms with Crippen LogP contribution in [0.3, 0.4) is 0 Å². The number of aromatic nitrogens is 1. The average Bonchev–Trinajstić information content (AvgIpc) is 2.62. The fourth-order valence-electron chi connectivity index (χ4n) is 1.57. The molecule has 0 unspecified atom stereocenters. The van der Waals surface area contributed by atoms with E-state index in [0.29, 0.717) is 21.3 Å². The number of amides is 1. The second kappa shape index (κ2) is 4.96. The van der Waals surface area contributed by atoms with Gasteiger partial charge in [-0.05, 0) is 37.6 Å². The van der Waals surface area contributed by atoms with Gasteiger partial charge in [-0.1, -0.05) is 22.9 Å². The van der Waals surface area contributed by atoms with Gasteiger partial charge in [-0.15, -0.1) is 0 Å². The average molecular weight is 283 g/mol. The van der Waals surface area contributed by atoms with Crippen molar-refractivity contribution in [1.29, 1.82) is 0 Å². The summed E-state index contributed by atoms with van der Waals surface area (Å²) < 4.78 is 0. The van der Waals surface area contributed by atoms with Gasteiger partial charge in [0, 0.05) is 16.4 Å². The maximum atomic E-state index is 12.0. The molecule has 4 nitrogen and oxygen atoms in total. The van der Waals surface area contributed by atoms with Gasteiger partial charge >= 0.3 is 4.87 Å². The maximum absolute atomic E-state index is 12.0. The van der Waals surface area contributed by atoms with Gasteiger partial charge in [-0.2, -0.15) is 0 Å². The maximum Gasteiger partial charge on any atom is 0.305 e. The molecule has 1 amide bonds. The first-order valence-corrected chi connectivity index (χ1v) is 6.44. The topological polar surface area (TPSA) is 62.0 Å². The number of H-pyrrole nitrogens is 1. The number of halogens is 1. The SMILES string of the molecule is Cc1cc(Cl)ccc1NC(=O)c1sc(=O)[nH]c1C. The van der Waals surface area contributed by atoms with Crippen LogP contribution in [0.1, 0.15) is 20.9 Å². The van der Waals surface area contributed by atoms with E-state index in [4.69, 9.17) is 11.6 Å². The molecule has 0 spiro atoms. The minimum Gasteiger partial charge on any atom is -0.321 e. The molecule has 94 valence electrons. The number of carbonyl (C=O) groups is 1. The second-order valence-corrected chi connectivity index (χ2v) is 5.30. The lowest BCUT2D eigenvalue weighted by Gasteiger charge is -2.07. The summed E-state index contributed by atoms with van der Waals surface area (Å²) in [5.74, 6) is -0.290. The summed E-state index contributed by atoms with van der Waals surface area (Å²) in [5.41, 5.74) is 2.13. The number of rotatable bonds is 2. The highest BCUT2D eigenvalue weighted by Gasteiger charge is 2.14. The van der Waals surface area contributed by atoms with Gasteiger partial charge in [-0.25, -0.2) is 0 Å². The molecule has 0 aliphatic carbocycles. The summed E-state index contributed by atoms with van der Waals surface area (Å²) in [4.78, 5) is 25.9. The largest absolute Gasteiger partial charge is 0.321 e. The first-order valence-electron chi connectivity index (χ1n) is 5.24. The van der Waals surface area contributed by atoms with E-state index < -0.39 is 0 Å². The molecular weight excluding hydrogens is 272 g/mol.